The fourth-order valence-electron chi connectivity index (χ4n) is 3.90. The molecule has 0 radical (unpaired) electrons. The van der Waals surface area contributed by atoms with Crippen molar-refractivity contribution in [1.29, 1.82) is 0 Å². The summed E-state index contributed by atoms with van der Waals surface area (Å²) >= 11 is 0. The van der Waals surface area contributed by atoms with Gasteiger partial charge in [0.25, 0.3) is 0 Å². The zero-order chi connectivity index (χ0) is 22.3. The molecule has 0 atom stereocenters. The summed E-state index contributed by atoms with van der Waals surface area (Å²) in [5.41, 5.74) is 4.78. The number of halogens is 3. The molecule has 0 fully saturated rings. The number of hydrogen-bond donors (Lipinski definition) is 0. The molecule has 0 spiro atoms. The monoisotopic (exact) mass is 435 g/mol. The molecule has 32 heavy (non-hydrogen) atoms. The Morgan fingerprint density at radius 1 is 1.09 bits per heavy atom. The van der Waals surface area contributed by atoms with E-state index < -0.39 is 11.7 Å². The molecule has 4 heterocycles. The second-order valence-electron chi connectivity index (χ2n) is 7.84. The lowest BCUT2D eigenvalue weighted by atomic mass is 10.0. The van der Waals surface area contributed by atoms with E-state index in [1.165, 1.54) is 11.1 Å². The Labute approximate surface area is 182 Å². The molecule has 0 aliphatic heterocycles. The molecule has 8 heteroatoms. The number of hydrogen-bond acceptors (Lipinski definition) is 4. The van der Waals surface area contributed by atoms with Crippen molar-refractivity contribution in [1.82, 2.24) is 24.6 Å². The molecule has 162 valence electrons. The van der Waals surface area contributed by atoms with E-state index in [0.717, 1.165) is 42.0 Å². The largest absolute Gasteiger partial charge is 0.417 e. The molecule has 4 aromatic heterocycles. The number of aryl methyl sites for hydroxylation is 2. The van der Waals surface area contributed by atoms with Crippen LogP contribution in [0.3, 0.4) is 0 Å². The maximum absolute atomic E-state index is 12.9. The summed E-state index contributed by atoms with van der Waals surface area (Å²) in [6.45, 7) is 2.16. The van der Waals surface area contributed by atoms with E-state index in [-0.39, 0.29) is 0 Å². The Morgan fingerprint density at radius 3 is 2.78 bits per heavy atom. The first kappa shape index (κ1) is 20.4. The van der Waals surface area contributed by atoms with Crippen LogP contribution in [0, 0.1) is 0 Å². The quantitative estimate of drug-likeness (QED) is 0.432. The SMILES string of the molecule is CCC1=CC=Cc2c(ccn3nc(CCc4ccc5cc(C(F)(F)F)cnc5n4)nc23)C1. The standard InChI is InChI=1S/C24H20F3N5/c1-2-15-4-3-5-20-16(12-15)10-11-32-23(20)30-21(31-32)9-8-19-7-6-17-13-18(24(25,26)27)14-28-22(17)29-19/h3-7,10-11,13-14H,2,8-9,12H2,1H3. The summed E-state index contributed by atoms with van der Waals surface area (Å²) in [7, 11) is 0. The van der Waals surface area contributed by atoms with Crippen LogP contribution in [0.2, 0.25) is 0 Å². The molecule has 0 aromatic carbocycles. The normalized spacial score (nSPS) is 13.9. The lowest BCUT2D eigenvalue weighted by Crippen LogP contribution is -2.06. The van der Waals surface area contributed by atoms with Gasteiger partial charge in [0, 0.05) is 35.5 Å². The van der Waals surface area contributed by atoms with Gasteiger partial charge < -0.3 is 0 Å². The molecule has 0 amide bonds. The minimum atomic E-state index is -4.42. The highest BCUT2D eigenvalue weighted by atomic mass is 19.4. The Hall–Kier alpha value is -3.55. The molecule has 1 aliphatic rings. The van der Waals surface area contributed by atoms with E-state index in [2.05, 4.69) is 46.3 Å². The van der Waals surface area contributed by atoms with Gasteiger partial charge in [-0.1, -0.05) is 30.7 Å². The fraction of sp³-hybridized carbons (Fsp3) is 0.250. The van der Waals surface area contributed by atoms with Crippen molar-refractivity contribution < 1.29 is 13.2 Å². The average molecular weight is 435 g/mol. The van der Waals surface area contributed by atoms with Crippen molar-refractivity contribution in [2.75, 3.05) is 0 Å². The second kappa shape index (κ2) is 7.85. The number of pyridine rings is 3. The van der Waals surface area contributed by atoms with Gasteiger partial charge in [-0.25, -0.2) is 19.5 Å². The van der Waals surface area contributed by atoms with E-state index in [0.29, 0.717) is 29.7 Å². The van der Waals surface area contributed by atoms with Crippen LogP contribution in [-0.4, -0.2) is 24.6 Å². The summed E-state index contributed by atoms with van der Waals surface area (Å²) < 4.78 is 40.4. The molecule has 0 saturated heterocycles. The van der Waals surface area contributed by atoms with Crippen LogP contribution in [0.4, 0.5) is 13.2 Å². The maximum Gasteiger partial charge on any atom is 0.417 e. The van der Waals surface area contributed by atoms with Gasteiger partial charge in [-0.05, 0) is 49.1 Å². The van der Waals surface area contributed by atoms with Crippen molar-refractivity contribution >= 4 is 22.8 Å². The van der Waals surface area contributed by atoms with Gasteiger partial charge in [-0.2, -0.15) is 18.3 Å². The van der Waals surface area contributed by atoms with E-state index in [1.807, 2.05) is 6.20 Å². The Bertz CT molecular complexity index is 1380. The van der Waals surface area contributed by atoms with Gasteiger partial charge in [-0.3, -0.25) is 0 Å². The van der Waals surface area contributed by atoms with Gasteiger partial charge in [0.15, 0.2) is 17.1 Å². The van der Waals surface area contributed by atoms with Crippen LogP contribution < -0.4 is 0 Å². The lowest BCUT2D eigenvalue weighted by molar-refractivity contribution is -0.137. The fourth-order valence-corrected chi connectivity index (χ4v) is 3.90. The topological polar surface area (TPSA) is 56.0 Å². The molecule has 0 saturated carbocycles. The molecular formula is C24H20F3N5. The number of allylic oxidation sites excluding steroid dienone is 3. The number of fused-ring (bicyclic) bond motifs is 4. The van der Waals surface area contributed by atoms with Gasteiger partial charge in [0.1, 0.15) is 0 Å². The zero-order valence-electron chi connectivity index (χ0n) is 17.4. The minimum absolute atomic E-state index is 0.299. The zero-order valence-corrected chi connectivity index (χ0v) is 17.4. The van der Waals surface area contributed by atoms with Crippen molar-refractivity contribution in [2.45, 2.75) is 38.8 Å². The molecule has 0 unspecified atom stereocenters. The third-order valence-corrected chi connectivity index (χ3v) is 5.68. The summed E-state index contributed by atoms with van der Waals surface area (Å²) in [5, 5.41) is 4.96. The second-order valence-corrected chi connectivity index (χ2v) is 7.84. The lowest BCUT2D eigenvalue weighted by Gasteiger charge is -2.07. The van der Waals surface area contributed by atoms with Crippen LogP contribution in [0.25, 0.3) is 22.8 Å². The minimum Gasteiger partial charge on any atom is -0.236 e. The van der Waals surface area contributed by atoms with Gasteiger partial charge in [0.2, 0.25) is 0 Å². The van der Waals surface area contributed by atoms with Crippen LogP contribution in [-0.2, 0) is 25.4 Å². The van der Waals surface area contributed by atoms with Crippen LogP contribution >= 0.6 is 0 Å². The Balaban J connectivity index is 1.37. The molecular weight excluding hydrogens is 415 g/mol. The van der Waals surface area contributed by atoms with E-state index in [9.17, 15) is 13.2 Å². The van der Waals surface area contributed by atoms with Crippen LogP contribution in [0.5, 0.6) is 0 Å². The highest BCUT2D eigenvalue weighted by molar-refractivity contribution is 5.75. The van der Waals surface area contributed by atoms with Crippen molar-refractivity contribution in [3.8, 4) is 0 Å². The molecule has 5 nitrogen and oxygen atoms in total. The van der Waals surface area contributed by atoms with E-state index in [4.69, 9.17) is 4.98 Å². The third-order valence-electron chi connectivity index (χ3n) is 5.68. The number of alkyl halides is 3. The highest BCUT2D eigenvalue weighted by Crippen LogP contribution is 2.30. The molecule has 0 bridgehead atoms. The van der Waals surface area contributed by atoms with Gasteiger partial charge >= 0.3 is 6.18 Å². The predicted octanol–water partition coefficient (Wildman–Crippen LogP) is 5.38. The maximum atomic E-state index is 12.9. The Morgan fingerprint density at radius 2 is 1.97 bits per heavy atom. The first-order valence-corrected chi connectivity index (χ1v) is 10.5. The van der Waals surface area contributed by atoms with Gasteiger partial charge in [-0.15, -0.1) is 0 Å². The molecule has 0 N–H and O–H groups in total. The number of rotatable bonds is 4. The Kier molecular flexibility index (Phi) is 5.00. The van der Waals surface area contributed by atoms with Crippen LogP contribution in [0.1, 0.15) is 41.6 Å². The summed E-state index contributed by atoms with van der Waals surface area (Å²) in [5.74, 6) is 0.696. The van der Waals surface area contributed by atoms with Crippen molar-refractivity contribution in [3.05, 3.63) is 82.6 Å². The molecule has 5 rings (SSSR count). The van der Waals surface area contributed by atoms with Crippen molar-refractivity contribution in [2.24, 2.45) is 0 Å². The molecule has 1 aliphatic carbocycles. The molecule has 4 aromatic rings. The van der Waals surface area contributed by atoms with E-state index >= 15 is 0 Å². The van der Waals surface area contributed by atoms with E-state index in [1.54, 1.807) is 16.6 Å². The summed E-state index contributed by atoms with van der Waals surface area (Å²) in [6.07, 6.45) is 7.69. The number of aromatic nitrogens is 5. The smallest absolute Gasteiger partial charge is 0.236 e. The number of nitrogens with zero attached hydrogens (tertiary/aromatic N) is 5. The summed E-state index contributed by atoms with van der Waals surface area (Å²) in [6, 6.07) is 6.51. The van der Waals surface area contributed by atoms with Crippen LogP contribution in [0.15, 0.2) is 54.4 Å². The first-order chi connectivity index (χ1) is 15.4. The highest BCUT2D eigenvalue weighted by Gasteiger charge is 2.31. The van der Waals surface area contributed by atoms with Gasteiger partial charge in [0.05, 0.1) is 5.56 Å². The first-order valence-electron chi connectivity index (χ1n) is 10.5. The summed E-state index contributed by atoms with van der Waals surface area (Å²) in [4.78, 5) is 13.0. The predicted molar refractivity (Wildman–Crippen MR) is 116 cm³/mol. The van der Waals surface area contributed by atoms with Crippen molar-refractivity contribution in [3.63, 3.8) is 0 Å². The average Bonchev–Trinajstić information content (AvgIpc) is 3.08. The third kappa shape index (κ3) is 3.88.